The molecule has 3 aliphatic rings. The molecule has 3 aliphatic heterocycles. The van der Waals surface area contributed by atoms with E-state index in [1.165, 1.54) is 21.9 Å². The Balaban J connectivity index is 1.65. The fraction of sp³-hybridized carbons (Fsp3) is 0.346. The minimum atomic E-state index is -1.80. The van der Waals surface area contributed by atoms with Crippen LogP contribution in [0.5, 0.6) is 0 Å². The largest absolute Gasteiger partial charge is 0.503 e. The highest BCUT2D eigenvalue weighted by Crippen LogP contribution is 2.53. The van der Waals surface area contributed by atoms with Gasteiger partial charge in [0.15, 0.2) is 17.1 Å². The smallest absolute Gasteiger partial charge is 0.290 e. The molecule has 1 N–H and O–H groups in total. The van der Waals surface area contributed by atoms with E-state index in [4.69, 9.17) is 4.74 Å². The van der Waals surface area contributed by atoms with E-state index in [0.29, 0.717) is 50.6 Å². The highest BCUT2D eigenvalue weighted by molar-refractivity contribution is 6.26. The number of para-hydroxylation sites is 1. The Labute approximate surface area is 202 Å². The van der Waals surface area contributed by atoms with E-state index < -0.39 is 34.7 Å². The molecule has 1 saturated heterocycles. The zero-order valence-corrected chi connectivity index (χ0v) is 19.4. The van der Waals surface area contributed by atoms with E-state index in [2.05, 4.69) is 4.90 Å². The summed E-state index contributed by atoms with van der Waals surface area (Å²) in [6.07, 6.45) is 0. The first-order chi connectivity index (χ1) is 16.9. The van der Waals surface area contributed by atoms with Crippen LogP contribution in [-0.2, 0) is 19.9 Å². The monoisotopic (exact) mass is 479 g/mol. The number of Topliss-reactive ketones (excluding diaryl/α,β-unsaturated/α-hetero) is 1. The number of halogens is 1. The fourth-order valence-corrected chi connectivity index (χ4v) is 5.30. The Morgan fingerprint density at radius 2 is 1.74 bits per heavy atom. The zero-order chi connectivity index (χ0) is 24.7. The average molecular weight is 480 g/mol. The lowest BCUT2D eigenvalue weighted by Crippen LogP contribution is -2.56. The summed E-state index contributed by atoms with van der Waals surface area (Å²) >= 11 is 0. The number of aliphatic hydroxyl groups excluding tert-OH is 1. The Hall–Kier alpha value is -3.56. The summed E-state index contributed by atoms with van der Waals surface area (Å²) in [5.74, 6) is -3.20. The molecule has 1 fully saturated rings. The quantitative estimate of drug-likeness (QED) is 0.640. The van der Waals surface area contributed by atoms with Crippen LogP contribution in [0.15, 0.2) is 59.9 Å². The first-order valence-corrected chi connectivity index (χ1v) is 11.7. The number of likely N-dealkylation sites (N-methyl/N-ethyl adjacent to an activating group) is 1. The molecule has 9 heteroatoms. The van der Waals surface area contributed by atoms with E-state index in [-0.39, 0.29) is 17.7 Å². The van der Waals surface area contributed by atoms with Gasteiger partial charge in [-0.2, -0.15) is 0 Å². The minimum absolute atomic E-state index is 0.0791. The maximum Gasteiger partial charge on any atom is 0.290 e. The van der Waals surface area contributed by atoms with E-state index in [0.717, 1.165) is 12.1 Å². The van der Waals surface area contributed by atoms with Gasteiger partial charge < -0.3 is 19.6 Å². The first-order valence-electron chi connectivity index (χ1n) is 11.7. The van der Waals surface area contributed by atoms with Crippen LogP contribution in [-0.4, -0.2) is 78.4 Å². The number of hydrogen-bond donors (Lipinski definition) is 1. The van der Waals surface area contributed by atoms with Crippen molar-refractivity contribution in [3.63, 3.8) is 0 Å². The van der Waals surface area contributed by atoms with Gasteiger partial charge in [-0.1, -0.05) is 18.2 Å². The van der Waals surface area contributed by atoms with E-state index in [9.17, 15) is 23.9 Å². The lowest BCUT2D eigenvalue weighted by Gasteiger charge is -2.37. The van der Waals surface area contributed by atoms with Crippen molar-refractivity contribution in [2.24, 2.45) is 0 Å². The number of fused-ring (bicyclic) bond motifs is 2. The lowest BCUT2D eigenvalue weighted by molar-refractivity contribution is -0.140. The summed E-state index contributed by atoms with van der Waals surface area (Å²) in [6.45, 7) is 5.22. The molecule has 3 heterocycles. The minimum Gasteiger partial charge on any atom is -0.503 e. The fourth-order valence-electron chi connectivity index (χ4n) is 5.30. The molecule has 8 nitrogen and oxygen atoms in total. The van der Waals surface area contributed by atoms with Crippen LogP contribution < -0.4 is 4.90 Å². The van der Waals surface area contributed by atoms with Crippen LogP contribution >= 0.6 is 0 Å². The number of ether oxygens (including phenoxy) is 1. The van der Waals surface area contributed by atoms with Gasteiger partial charge in [-0.25, -0.2) is 4.39 Å². The Morgan fingerprint density at radius 1 is 1.06 bits per heavy atom. The van der Waals surface area contributed by atoms with Gasteiger partial charge in [0.05, 0.1) is 24.5 Å². The van der Waals surface area contributed by atoms with Crippen LogP contribution in [0.4, 0.5) is 10.1 Å². The molecule has 2 aromatic rings. The maximum absolute atomic E-state index is 14.1. The zero-order valence-electron chi connectivity index (χ0n) is 19.4. The van der Waals surface area contributed by atoms with Crippen LogP contribution in [0.2, 0.25) is 0 Å². The van der Waals surface area contributed by atoms with Crippen LogP contribution in [0, 0.1) is 5.82 Å². The SMILES string of the molecule is CCN1C(=O)[C@@]2(C(C(=O)c3ccc(F)cc3)=C(O)C(=O)N2CCN2CCOCC2)c2ccccc21. The van der Waals surface area contributed by atoms with Crippen molar-refractivity contribution in [1.82, 2.24) is 9.80 Å². The number of anilines is 1. The highest BCUT2D eigenvalue weighted by atomic mass is 19.1. The number of rotatable bonds is 6. The standard InChI is InChI=1S/C26H26FN3O5/c1-2-29-20-6-4-3-5-19(20)26(25(29)34)21(22(31)17-7-9-18(27)10-8-17)23(32)24(33)30(26)12-11-28-13-15-35-16-14-28/h3-10,32H,2,11-16H2,1H3/t26-/m0/s1. The van der Waals surface area contributed by atoms with E-state index >= 15 is 0 Å². The molecule has 2 amide bonds. The molecule has 0 unspecified atom stereocenters. The molecule has 0 radical (unpaired) electrons. The second-order valence-corrected chi connectivity index (χ2v) is 8.75. The van der Waals surface area contributed by atoms with Gasteiger partial charge in [-0.3, -0.25) is 19.3 Å². The van der Waals surface area contributed by atoms with Gasteiger partial charge >= 0.3 is 0 Å². The second-order valence-electron chi connectivity index (χ2n) is 8.75. The third-order valence-electron chi connectivity index (χ3n) is 6.98. The first kappa shape index (κ1) is 23.2. The molecule has 35 heavy (non-hydrogen) atoms. The van der Waals surface area contributed by atoms with Crippen molar-refractivity contribution >= 4 is 23.3 Å². The molecule has 0 aromatic heterocycles. The predicted octanol–water partition coefficient (Wildman–Crippen LogP) is 2.26. The third-order valence-corrected chi connectivity index (χ3v) is 6.98. The summed E-state index contributed by atoms with van der Waals surface area (Å²) in [7, 11) is 0. The normalized spacial score (nSPS) is 22.5. The van der Waals surface area contributed by atoms with E-state index in [1.54, 1.807) is 24.3 Å². The number of hydrogen-bond acceptors (Lipinski definition) is 6. The summed E-state index contributed by atoms with van der Waals surface area (Å²) in [5, 5.41) is 11.1. The molecule has 0 bridgehead atoms. The Kier molecular flexibility index (Phi) is 5.90. The van der Waals surface area contributed by atoms with Crippen molar-refractivity contribution < 1.29 is 28.6 Å². The molecule has 0 aliphatic carbocycles. The molecular weight excluding hydrogens is 453 g/mol. The van der Waals surface area contributed by atoms with Crippen LogP contribution in [0.25, 0.3) is 0 Å². The molecule has 0 saturated carbocycles. The molecular formula is C26H26FN3O5. The third kappa shape index (κ3) is 3.45. The van der Waals surface area contributed by atoms with Gasteiger partial charge in [-0.05, 0) is 37.3 Å². The van der Waals surface area contributed by atoms with Gasteiger partial charge in [0.1, 0.15) is 5.82 Å². The van der Waals surface area contributed by atoms with Crippen molar-refractivity contribution in [2.75, 3.05) is 50.8 Å². The molecule has 1 atom stereocenters. The number of amides is 2. The van der Waals surface area contributed by atoms with Crippen LogP contribution in [0.1, 0.15) is 22.8 Å². The number of benzene rings is 2. The van der Waals surface area contributed by atoms with Gasteiger partial charge in [0.2, 0.25) is 0 Å². The Morgan fingerprint density at radius 3 is 2.43 bits per heavy atom. The van der Waals surface area contributed by atoms with Crippen molar-refractivity contribution in [3.8, 4) is 0 Å². The summed E-state index contributed by atoms with van der Waals surface area (Å²) in [6, 6.07) is 11.9. The Bertz CT molecular complexity index is 1220. The van der Waals surface area contributed by atoms with Gasteiger partial charge in [0.25, 0.3) is 11.8 Å². The number of nitrogens with zero attached hydrogens (tertiary/aromatic N) is 3. The summed E-state index contributed by atoms with van der Waals surface area (Å²) < 4.78 is 18.9. The van der Waals surface area contributed by atoms with Crippen molar-refractivity contribution in [2.45, 2.75) is 12.5 Å². The molecule has 1 spiro atoms. The second kappa shape index (κ2) is 8.90. The van der Waals surface area contributed by atoms with Crippen molar-refractivity contribution in [1.29, 1.82) is 0 Å². The summed E-state index contributed by atoms with van der Waals surface area (Å²) in [5.41, 5.74) is -0.953. The van der Waals surface area contributed by atoms with Gasteiger partial charge in [0, 0.05) is 43.9 Å². The topological polar surface area (TPSA) is 90.4 Å². The van der Waals surface area contributed by atoms with Crippen molar-refractivity contribution in [3.05, 3.63) is 76.8 Å². The molecule has 5 rings (SSSR count). The number of morpholine rings is 1. The number of ketones is 1. The average Bonchev–Trinajstić information content (AvgIpc) is 3.26. The molecule has 2 aromatic carbocycles. The number of carbonyl (C=O) groups excluding carboxylic acids is 3. The highest BCUT2D eigenvalue weighted by Gasteiger charge is 2.65. The predicted molar refractivity (Wildman–Crippen MR) is 126 cm³/mol. The number of aliphatic hydroxyl groups is 1. The van der Waals surface area contributed by atoms with E-state index in [1.807, 2.05) is 6.92 Å². The molecule has 182 valence electrons. The summed E-state index contributed by atoms with van der Waals surface area (Å²) in [4.78, 5) is 46.3. The number of carbonyl (C=O) groups is 3. The van der Waals surface area contributed by atoms with Crippen LogP contribution in [0.3, 0.4) is 0 Å². The van der Waals surface area contributed by atoms with Gasteiger partial charge in [-0.15, -0.1) is 0 Å². The maximum atomic E-state index is 14.1. The lowest BCUT2D eigenvalue weighted by atomic mass is 9.80.